The highest BCUT2D eigenvalue weighted by Crippen LogP contribution is 2.30. The molecule has 0 aliphatic carbocycles. The van der Waals surface area contributed by atoms with Crippen LogP contribution < -0.4 is 15.1 Å². The summed E-state index contributed by atoms with van der Waals surface area (Å²) in [7, 11) is 0. The number of rotatable bonds is 5. The van der Waals surface area contributed by atoms with Gasteiger partial charge in [-0.05, 0) is 49.2 Å². The van der Waals surface area contributed by atoms with Crippen LogP contribution in [0.4, 0.5) is 35.1 Å². The highest BCUT2D eigenvalue weighted by Gasteiger charge is 2.30. The van der Waals surface area contributed by atoms with E-state index in [4.69, 9.17) is 19.7 Å². The first-order valence-corrected chi connectivity index (χ1v) is 12.7. The molecule has 0 unspecified atom stereocenters. The van der Waals surface area contributed by atoms with Gasteiger partial charge in [0.05, 0.1) is 29.8 Å². The van der Waals surface area contributed by atoms with Gasteiger partial charge in [-0.3, -0.25) is 4.57 Å². The molecule has 9 nitrogen and oxygen atoms in total. The van der Waals surface area contributed by atoms with E-state index in [1.807, 2.05) is 0 Å². The van der Waals surface area contributed by atoms with Crippen molar-refractivity contribution in [2.24, 2.45) is 0 Å². The zero-order valence-electron chi connectivity index (χ0n) is 20.9. The van der Waals surface area contributed by atoms with E-state index in [0.717, 1.165) is 25.0 Å². The smallest absolute Gasteiger partial charge is 0.382 e. The lowest BCUT2D eigenvalue weighted by Gasteiger charge is -2.34. The number of hydrogen-bond acceptors (Lipinski definition) is 8. The first-order chi connectivity index (χ1) is 18.8. The predicted molar refractivity (Wildman–Crippen MR) is 138 cm³/mol. The molecule has 204 valence electrons. The van der Waals surface area contributed by atoms with Crippen LogP contribution in [-0.2, 0) is 10.9 Å². The fourth-order valence-electron chi connectivity index (χ4n) is 4.86. The second-order valence-corrected chi connectivity index (χ2v) is 9.56. The van der Waals surface area contributed by atoms with Gasteiger partial charge in [0.25, 0.3) is 0 Å². The van der Waals surface area contributed by atoms with Gasteiger partial charge >= 0.3 is 6.18 Å². The highest BCUT2D eigenvalue weighted by molar-refractivity contribution is 5.76. The molecule has 0 amide bonds. The van der Waals surface area contributed by atoms with Crippen LogP contribution in [0, 0.1) is 5.82 Å². The van der Waals surface area contributed by atoms with Crippen LogP contribution in [-0.4, -0.2) is 69.9 Å². The molecule has 2 aromatic carbocycles. The van der Waals surface area contributed by atoms with Crippen molar-refractivity contribution < 1.29 is 22.3 Å². The molecule has 2 aliphatic heterocycles. The van der Waals surface area contributed by atoms with Gasteiger partial charge in [0.1, 0.15) is 12.1 Å². The number of halogens is 4. The van der Waals surface area contributed by atoms with Crippen LogP contribution in [0.5, 0.6) is 0 Å². The van der Waals surface area contributed by atoms with Gasteiger partial charge in [-0.15, -0.1) is 0 Å². The Labute approximate surface area is 221 Å². The van der Waals surface area contributed by atoms with Crippen molar-refractivity contribution in [2.75, 3.05) is 54.5 Å². The lowest BCUT2D eigenvalue weighted by molar-refractivity contribution is -0.137. The lowest BCUT2D eigenvalue weighted by atomic mass is 10.0. The van der Waals surface area contributed by atoms with Crippen molar-refractivity contribution >= 4 is 28.6 Å². The van der Waals surface area contributed by atoms with E-state index in [1.54, 1.807) is 17.0 Å². The molecule has 2 saturated heterocycles. The van der Waals surface area contributed by atoms with Crippen LogP contribution in [0.3, 0.4) is 0 Å². The van der Waals surface area contributed by atoms with Crippen molar-refractivity contribution in [2.45, 2.75) is 25.1 Å². The van der Waals surface area contributed by atoms with E-state index in [0.29, 0.717) is 74.0 Å². The molecule has 2 aliphatic rings. The van der Waals surface area contributed by atoms with Crippen LogP contribution in [0.25, 0.3) is 17.0 Å². The van der Waals surface area contributed by atoms with Crippen molar-refractivity contribution in [1.82, 2.24) is 24.5 Å². The predicted octanol–water partition coefficient (Wildman–Crippen LogP) is 4.29. The van der Waals surface area contributed by atoms with Gasteiger partial charge in [-0.25, -0.2) is 9.37 Å². The zero-order valence-corrected chi connectivity index (χ0v) is 20.9. The van der Waals surface area contributed by atoms with Crippen molar-refractivity contribution in [3.63, 3.8) is 0 Å². The van der Waals surface area contributed by atoms with E-state index >= 15 is 0 Å². The summed E-state index contributed by atoms with van der Waals surface area (Å²) in [6.45, 7) is 3.76. The molecule has 0 saturated carbocycles. The molecule has 2 fully saturated rings. The number of nitrogens with zero attached hydrogens (tertiary/aromatic N) is 7. The van der Waals surface area contributed by atoms with Crippen molar-refractivity contribution in [1.29, 1.82) is 0 Å². The molecule has 0 radical (unpaired) electrons. The van der Waals surface area contributed by atoms with E-state index in [-0.39, 0.29) is 11.9 Å². The molecule has 1 N–H and O–H groups in total. The standard InChI is InChI=1S/C26H26F4N8O/c27-18-3-6-22-21(15-18)31-16-38(22)25-34-23(33-24(35-25)37-11-13-39-14-12-37)36-9-7-20(8-10-36)32-19-4-1-17(2-5-19)26(28,29)30/h1-6,15-16,20,32H,7-14H2. The number of hydrogen-bond donors (Lipinski definition) is 1. The first-order valence-electron chi connectivity index (χ1n) is 12.7. The summed E-state index contributed by atoms with van der Waals surface area (Å²) in [4.78, 5) is 22.7. The Balaban J connectivity index is 1.22. The van der Waals surface area contributed by atoms with Gasteiger partial charge < -0.3 is 19.9 Å². The fraction of sp³-hybridized carbons (Fsp3) is 0.385. The Morgan fingerprint density at radius 1 is 0.821 bits per heavy atom. The highest BCUT2D eigenvalue weighted by atomic mass is 19.4. The average molecular weight is 543 g/mol. The Kier molecular flexibility index (Phi) is 6.67. The van der Waals surface area contributed by atoms with E-state index in [9.17, 15) is 17.6 Å². The monoisotopic (exact) mass is 542 g/mol. The number of benzene rings is 2. The van der Waals surface area contributed by atoms with E-state index in [1.165, 1.54) is 24.3 Å². The van der Waals surface area contributed by atoms with Gasteiger partial charge in [-0.1, -0.05) is 0 Å². The van der Waals surface area contributed by atoms with E-state index < -0.39 is 11.7 Å². The summed E-state index contributed by atoms with van der Waals surface area (Å²) in [5.41, 5.74) is 1.17. The summed E-state index contributed by atoms with van der Waals surface area (Å²) < 4.78 is 59.5. The molecule has 0 atom stereocenters. The normalized spacial score (nSPS) is 17.1. The third-order valence-corrected chi connectivity index (χ3v) is 6.98. The Morgan fingerprint density at radius 3 is 2.13 bits per heavy atom. The molecule has 0 spiro atoms. The molecule has 13 heteroatoms. The molecule has 6 rings (SSSR count). The summed E-state index contributed by atoms with van der Waals surface area (Å²) in [6, 6.07) is 9.59. The molecular formula is C26H26F4N8O. The number of anilines is 3. The number of imidazole rings is 1. The van der Waals surface area contributed by atoms with Crippen LogP contribution in [0.1, 0.15) is 18.4 Å². The van der Waals surface area contributed by atoms with Gasteiger partial charge in [0.2, 0.25) is 17.8 Å². The maximum atomic E-state index is 13.7. The summed E-state index contributed by atoms with van der Waals surface area (Å²) in [5, 5.41) is 3.34. The number of morpholine rings is 1. The third-order valence-electron chi connectivity index (χ3n) is 6.98. The third kappa shape index (κ3) is 5.44. The number of ether oxygens (including phenoxy) is 1. The minimum atomic E-state index is -4.35. The molecule has 2 aromatic heterocycles. The number of piperidine rings is 1. The lowest BCUT2D eigenvalue weighted by Crippen LogP contribution is -2.41. The summed E-state index contributed by atoms with van der Waals surface area (Å²) in [6.07, 6.45) is -1.27. The number of aromatic nitrogens is 5. The second-order valence-electron chi connectivity index (χ2n) is 9.56. The zero-order chi connectivity index (χ0) is 27.0. The maximum absolute atomic E-state index is 13.7. The second kappa shape index (κ2) is 10.3. The van der Waals surface area contributed by atoms with Crippen LogP contribution >= 0.6 is 0 Å². The molecule has 4 aromatic rings. The Bertz CT molecular complexity index is 1440. The topological polar surface area (TPSA) is 84.2 Å². The van der Waals surface area contributed by atoms with Gasteiger partial charge in [0, 0.05) is 44.0 Å². The minimum Gasteiger partial charge on any atom is -0.382 e. The van der Waals surface area contributed by atoms with Gasteiger partial charge in [-0.2, -0.15) is 28.1 Å². The molecule has 39 heavy (non-hydrogen) atoms. The maximum Gasteiger partial charge on any atom is 0.416 e. The molecule has 4 heterocycles. The Hall–Kier alpha value is -4.00. The van der Waals surface area contributed by atoms with Crippen molar-refractivity contribution in [3.05, 3.63) is 60.2 Å². The van der Waals surface area contributed by atoms with E-state index in [2.05, 4.69) is 20.1 Å². The largest absolute Gasteiger partial charge is 0.416 e. The first kappa shape index (κ1) is 25.3. The van der Waals surface area contributed by atoms with Crippen molar-refractivity contribution in [3.8, 4) is 5.95 Å². The number of nitrogens with one attached hydrogen (secondary N) is 1. The fourth-order valence-corrected chi connectivity index (χ4v) is 4.86. The SMILES string of the molecule is Fc1ccc2c(c1)ncn2-c1nc(N2CCOCC2)nc(N2CCC(Nc3ccc(C(F)(F)F)cc3)CC2)n1. The summed E-state index contributed by atoms with van der Waals surface area (Å²) in [5.74, 6) is 1.08. The van der Waals surface area contributed by atoms with Crippen LogP contribution in [0.15, 0.2) is 48.8 Å². The number of fused-ring (bicyclic) bond motifs is 1. The Morgan fingerprint density at radius 2 is 1.46 bits per heavy atom. The summed E-state index contributed by atoms with van der Waals surface area (Å²) >= 11 is 0. The number of alkyl halides is 3. The van der Waals surface area contributed by atoms with Crippen LogP contribution in [0.2, 0.25) is 0 Å². The molecular weight excluding hydrogens is 516 g/mol. The average Bonchev–Trinajstić information content (AvgIpc) is 3.37. The van der Waals surface area contributed by atoms with Gasteiger partial charge in [0.15, 0.2) is 0 Å². The molecule has 0 bridgehead atoms. The minimum absolute atomic E-state index is 0.102. The quantitative estimate of drug-likeness (QED) is 0.374.